The Hall–Kier alpha value is -3.06. The Labute approximate surface area is 158 Å². The molecule has 27 heavy (non-hydrogen) atoms. The Balaban J connectivity index is 1.65. The largest absolute Gasteiger partial charge is 0.451 e. The van der Waals surface area contributed by atoms with Gasteiger partial charge >= 0.3 is 5.97 Å². The molecule has 1 amide bonds. The van der Waals surface area contributed by atoms with Crippen molar-refractivity contribution in [3.63, 3.8) is 0 Å². The molecule has 0 fully saturated rings. The molecule has 4 nitrogen and oxygen atoms in total. The van der Waals surface area contributed by atoms with Crippen molar-refractivity contribution in [2.24, 2.45) is 0 Å². The minimum Gasteiger partial charge on any atom is -0.451 e. The molecule has 0 spiro atoms. The fraction of sp³-hybridized carbons (Fsp3) is 0.100. The standard InChI is InChI=1S/C20H15F2NO3S/c1-12-2-4-13(5-3-12)15-8-9-27-19(15)20(25)26-11-18(24)23-17-10-14(21)6-7-16(17)22/h2-10H,11H2,1H3,(H,23,24). The maximum Gasteiger partial charge on any atom is 0.349 e. The molecule has 3 aromatic rings. The lowest BCUT2D eigenvalue weighted by Gasteiger charge is -2.08. The number of aryl methyl sites for hydroxylation is 1. The molecule has 2 aromatic carbocycles. The summed E-state index contributed by atoms with van der Waals surface area (Å²) in [5.41, 5.74) is 2.36. The van der Waals surface area contributed by atoms with Crippen LogP contribution in [0.3, 0.4) is 0 Å². The summed E-state index contributed by atoms with van der Waals surface area (Å²) in [5.74, 6) is -2.89. The highest BCUT2D eigenvalue weighted by atomic mass is 32.1. The van der Waals surface area contributed by atoms with E-state index in [4.69, 9.17) is 4.74 Å². The Bertz CT molecular complexity index is 983. The monoisotopic (exact) mass is 387 g/mol. The first-order valence-corrected chi connectivity index (χ1v) is 8.88. The summed E-state index contributed by atoms with van der Waals surface area (Å²) in [5, 5.41) is 3.93. The molecule has 3 rings (SSSR count). The number of halogens is 2. The van der Waals surface area contributed by atoms with Gasteiger partial charge in [-0.15, -0.1) is 11.3 Å². The number of ether oxygens (including phenoxy) is 1. The van der Waals surface area contributed by atoms with Gasteiger partial charge in [0.05, 0.1) is 5.69 Å². The van der Waals surface area contributed by atoms with Crippen LogP contribution in [0.1, 0.15) is 15.2 Å². The molecule has 0 atom stereocenters. The molecular formula is C20H15F2NO3S. The zero-order chi connectivity index (χ0) is 19.4. The van der Waals surface area contributed by atoms with Gasteiger partial charge in [0, 0.05) is 11.6 Å². The summed E-state index contributed by atoms with van der Waals surface area (Å²) in [6, 6.07) is 12.1. The highest BCUT2D eigenvalue weighted by Crippen LogP contribution is 2.29. The zero-order valence-electron chi connectivity index (χ0n) is 14.3. The second-order valence-electron chi connectivity index (χ2n) is 5.78. The molecule has 0 unspecified atom stereocenters. The number of anilines is 1. The van der Waals surface area contributed by atoms with Crippen LogP contribution in [0.2, 0.25) is 0 Å². The topological polar surface area (TPSA) is 55.4 Å². The molecule has 0 bridgehead atoms. The van der Waals surface area contributed by atoms with Gasteiger partial charge in [0.2, 0.25) is 0 Å². The Morgan fingerprint density at radius 1 is 1.07 bits per heavy atom. The number of esters is 1. The van der Waals surface area contributed by atoms with Crippen molar-refractivity contribution >= 4 is 28.9 Å². The van der Waals surface area contributed by atoms with E-state index in [-0.39, 0.29) is 5.69 Å². The van der Waals surface area contributed by atoms with E-state index >= 15 is 0 Å². The van der Waals surface area contributed by atoms with E-state index < -0.39 is 30.1 Å². The first-order valence-electron chi connectivity index (χ1n) is 8.00. The molecule has 1 aromatic heterocycles. The normalized spacial score (nSPS) is 10.5. The lowest BCUT2D eigenvalue weighted by atomic mass is 10.1. The molecule has 0 radical (unpaired) electrons. The third kappa shape index (κ3) is 4.57. The van der Waals surface area contributed by atoms with Crippen LogP contribution < -0.4 is 5.32 Å². The summed E-state index contributed by atoms with van der Waals surface area (Å²) in [7, 11) is 0. The van der Waals surface area contributed by atoms with Gasteiger partial charge in [0.25, 0.3) is 5.91 Å². The van der Waals surface area contributed by atoms with Gasteiger partial charge in [0.1, 0.15) is 16.5 Å². The number of nitrogens with one attached hydrogen (secondary N) is 1. The van der Waals surface area contributed by atoms with E-state index in [0.29, 0.717) is 10.4 Å². The maximum absolute atomic E-state index is 13.5. The number of amides is 1. The van der Waals surface area contributed by atoms with Gasteiger partial charge in [-0.25, -0.2) is 13.6 Å². The number of hydrogen-bond acceptors (Lipinski definition) is 4. The SMILES string of the molecule is Cc1ccc(-c2ccsc2C(=O)OCC(=O)Nc2cc(F)ccc2F)cc1. The van der Waals surface area contributed by atoms with Crippen molar-refractivity contribution in [1.29, 1.82) is 0 Å². The number of carbonyl (C=O) groups excluding carboxylic acids is 2. The number of benzene rings is 2. The summed E-state index contributed by atoms with van der Waals surface area (Å²) >= 11 is 1.20. The molecule has 0 saturated carbocycles. The van der Waals surface area contributed by atoms with Crippen LogP contribution in [0.25, 0.3) is 11.1 Å². The van der Waals surface area contributed by atoms with Crippen molar-refractivity contribution in [1.82, 2.24) is 0 Å². The van der Waals surface area contributed by atoms with Crippen LogP contribution in [0, 0.1) is 18.6 Å². The quantitative estimate of drug-likeness (QED) is 0.640. The Morgan fingerprint density at radius 2 is 1.81 bits per heavy atom. The van der Waals surface area contributed by atoms with Gasteiger partial charge in [-0.3, -0.25) is 4.79 Å². The van der Waals surface area contributed by atoms with Crippen molar-refractivity contribution in [3.8, 4) is 11.1 Å². The minimum absolute atomic E-state index is 0.312. The van der Waals surface area contributed by atoms with Crippen LogP contribution in [0.4, 0.5) is 14.5 Å². The highest BCUT2D eigenvalue weighted by molar-refractivity contribution is 7.12. The number of hydrogen-bond donors (Lipinski definition) is 1. The first-order chi connectivity index (χ1) is 12.9. The predicted octanol–water partition coefficient (Wildman–Crippen LogP) is 4.80. The third-order valence-electron chi connectivity index (χ3n) is 3.75. The smallest absolute Gasteiger partial charge is 0.349 e. The van der Waals surface area contributed by atoms with E-state index in [9.17, 15) is 18.4 Å². The van der Waals surface area contributed by atoms with Gasteiger partial charge in [0.15, 0.2) is 6.61 Å². The summed E-state index contributed by atoms with van der Waals surface area (Å²) in [4.78, 5) is 24.6. The van der Waals surface area contributed by atoms with E-state index in [1.165, 1.54) is 11.3 Å². The van der Waals surface area contributed by atoms with Crippen molar-refractivity contribution in [2.75, 3.05) is 11.9 Å². The van der Waals surface area contributed by atoms with Gasteiger partial charge in [-0.05, 0) is 36.1 Å². The molecule has 0 aliphatic heterocycles. The van der Waals surface area contributed by atoms with Crippen molar-refractivity contribution in [2.45, 2.75) is 6.92 Å². The lowest BCUT2D eigenvalue weighted by molar-refractivity contribution is -0.119. The summed E-state index contributed by atoms with van der Waals surface area (Å²) < 4.78 is 31.7. The van der Waals surface area contributed by atoms with E-state index in [0.717, 1.165) is 29.3 Å². The van der Waals surface area contributed by atoms with Crippen LogP contribution in [0.15, 0.2) is 53.9 Å². The molecule has 1 N–H and O–H groups in total. The predicted molar refractivity (Wildman–Crippen MR) is 99.8 cm³/mol. The third-order valence-corrected chi connectivity index (χ3v) is 4.64. The molecule has 1 heterocycles. The minimum atomic E-state index is -0.781. The Kier molecular flexibility index (Phi) is 5.61. The molecule has 0 aliphatic rings. The maximum atomic E-state index is 13.5. The van der Waals surface area contributed by atoms with Crippen LogP contribution in [0.5, 0.6) is 0 Å². The molecular weight excluding hydrogens is 372 g/mol. The number of carbonyl (C=O) groups is 2. The summed E-state index contributed by atoms with van der Waals surface area (Å²) in [6.45, 7) is 1.35. The number of rotatable bonds is 5. The second kappa shape index (κ2) is 8.09. The van der Waals surface area contributed by atoms with Gasteiger partial charge < -0.3 is 10.1 Å². The fourth-order valence-corrected chi connectivity index (χ4v) is 3.21. The van der Waals surface area contributed by atoms with Crippen molar-refractivity contribution in [3.05, 3.63) is 76.0 Å². The Morgan fingerprint density at radius 3 is 2.56 bits per heavy atom. The van der Waals surface area contributed by atoms with E-state index in [2.05, 4.69) is 5.32 Å². The van der Waals surface area contributed by atoms with Crippen LogP contribution >= 0.6 is 11.3 Å². The van der Waals surface area contributed by atoms with E-state index in [1.807, 2.05) is 31.2 Å². The van der Waals surface area contributed by atoms with Crippen molar-refractivity contribution < 1.29 is 23.1 Å². The van der Waals surface area contributed by atoms with Gasteiger partial charge in [-0.2, -0.15) is 0 Å². The number of thiophene rings is 1. The van der Waals surface area contributed by atoms with Gasteiger partial charge in [-0.1, -0.05) is 29.8 Å². The molecule has 138 valence electrons. The average molecular weight is 387 g/mol. The second-order valence-corrected chi connectivity index (χ2v) is 6.69. The molecule has 7 heteroatoms. The average Bonchev–Trinajstić information content (AvgIpc) is 3.13. The summed E-state index contributed by atoms with van der Waals surface area (Å²) in [6.07, 6.45) is 0. The molecule has 0 aliphatic carbocycles. The van der Waals surface area contributed by atoms with Crippen LogP contribution in [-0.2, 0) is 9.53 Å². The fourth-order valence-electron chi connectivity index (χ4n) is 2.40. The lowest BCUT2D eigenvalue weighted by Crippen LogP contribution is -2.21. The zero-order valence-corrected chi connectivity index (χ0v) is 15.1. The molecule has 0 saturated heterocycles. The van der Waals surface area contributed by atoms with E-state index in [1.54, 1.807) is 11.4 Å². The highest BCUT2D eigenvalue weighted by Gasteiger charge is 2.18. The van der Waals surface area contributed by atoms with Crippen LogP contribution in [-0.4, -0.2) is 18.5 Å². The first kappa shape index (κ1) is 18.7.